The van der Waals surface area contributed by atoms with E-state index in [1.54, 1.807) is 0 Å². The Morgan fingerprint density at radius 3 is 1.12 bits per heavy atom. The highest BCUT2D eigenvalue weighted by Gasteiger charge is 2.07. The monoisotopic (exact) mass is 740 g/mol. The summed E-state index contributed by atoms with van der Waals surface area (Å²) in [6, 6.07) is 0.870. The average molecular weight is 740 g/mol. The molecule has 0 aromatic rings. The molecule has 0 saturated carbocycles. The van der Waals surface area contributed by atoms with E-state index in [-0.39, 0.29) is 55.3 Å². The van der Waals surface area contributed by atoms with Crippen LogP contribution in [-0.2, 0) is 28.8 Å². The summed E-state index contributed by atoms with van der Waals surface area (Å²) in [4.78, 5) is 61.6. The maximum absolute atomic E-state index is 11.1. The van der Waals surface area contributed by atoms with Crippen molar-refractivity contribution in [1.29, 1.82) is 0 Å². The number of carboxylic acids is 3. The summed E-state index contributed by atoms with van der Waals surface area (Å²) < 4.78 is 0. The van der Waals surface area contributed by atoms with Gasteiger partial charge in [-0.3, -0.25) is 34.1 Å². The van der Waals surface area contributed by atoms with Gasteiger partial charge in [-0.2, -0.15) is 0 Å². The molecule has 0 unspecified atom stereocenters. The molecule has 13 N–H and O–H groups in total. The molecule has 0 heterocycles. The van der Waals surface area contributed by atoms with Crippen LogP contribution >= 0.6 is 0 Å². The Bertz CT molecular complexity index is 869. The smallest absolute Gasteiger partial charge is 0.317 e. The lowest BCUT2D eigenvalue weighted by Crippen LogP contribution is -2.37. The van der Waals surface area contributed by atoms with Gasteiger partial charge in [0.05, 0.1) is 32.6 Å². The molecular weight excluding hydrogens is 662 g/mol. The Hall–Kier alpha value is -2.86. The highest BCUT2D eigenvalue weighted by atomic mass is 16.4. The second-order valence-electron chi connectivity index (χ2n) is 13.2. The number of carbonyl (C=O) groups excluding carboxylic acids is 3. The van der Waals surface area contributed by atoms with Gasteiger partial charge in [-0.25, -0.2) is 0 Å². The Morgan fingerprint density at radius 1 is 0.510 bits per heavy atom. The minimum Gasteiger partial charge on any atom is -0.481 e. The number of hydrogen-bond acceptors (Lipinski definition) is 13. The van der Waals surface area contributed by atoms with Gasteiger partial charge in [0, 0.05) is 49.5 Å². The van der Waals surface area contributed by atoms with Crippen molar-refractivity contribution in [1.82, 2.24) is 21.3 Å². The summed E-state index contributed by atoms with van der Waals surface area (Å²) in [6.45, 7) is 27.6. The minimum absolute atomic E-state index is 0.0694. The predicted molar refractivity (Wildman–Crippen MR) is 205 cm³/mol. The van der Waals surface area contributed by atoms with Gasteiger partial charge < -0.3 is 48.5 Å². The van der Waals surface area contributed by atoms with Crippen LogP contribution in [0.15, 0.2) is 0 Å². The van der Waals surface area contributed by atoms with Crippen LogP contribution in [0.1, 0.15) is 102 Å². The van der Waals surface area contributed by atoms with Crippen LogP contribution in [0.2, 0.25) is 0 Å². The van der Waals surface area contributed by atoms with Gasteiger partial charge in [0.1, 0.15) is 17.3 Å². The molecule has 0 aromatic carbocycles. The van der Waals surface area contributed by atoms with Crippen molar-refractivity contribution in [3.05, 3.63) is 0 Å². The fraction of sp³-hybridized carbons (Fsp3) is 0.829. The highest BCUT2D eigenvalue weighted by molar-refractivity contribution is 5.83. The van der Waals surface area contributed by atoms with Crippen molar-refractivity contribution in [3.8, 4) is 0 Å². The fourth-order valence-electron chi connectivity index (χ4n) is 2.24. The first kappa shape index (κ1) is 60.2. The van der Waals surface area contributed by atoms with E-state index in [0.717, 1.165) is 6.54 Å². The van der Waals surface area contributed by atoms with Crippen LogP contribution in [0.25, 0.3) is 0 Å². The number of Topliss-reactive ketones (excluding diaryl/α,β-unsaturated/α-hetero) is 3. The minimum atomic E-state index is -0.968. The first-order valence-corrected chi connectivity index (χ1v) is 17.6. The third-order valence-electron chi connectivity index (χ3n) is 5.53. The predicted octanol–water partition coefficient (Wildman–Crippen LogP) is 1.68. The van der Waals surface area contributed by atoms with Gasteiger partial charge in [0.2, 0.25) is 0 Å². The number of carbonyl (C=O) groups is 6. The number of carboxylic acid groups (broad SMARTS) is 3. The number of ketones is 3. The number of aliphatic carboxylic acids is 3. The second kappa shape index (κ2) is 43.3. The summed E-state index contributed by atoms with van der Waals surface area (Å²) >= 11 is 0. The van der Waals surface area contributed by atoms with Crippen LogP contribution in [0.5, 0.6) is 0 Å². The Balaban J connectivity index is -0.000000122. The lowest BCUT2D eigenvalue weighted by molar-refractivity contribution is -0.137. The topological polar surface area (TPSA) is 289 Å². The van der Waals surface area contributed by atoms with E-state index in [2.05, 4.69) is 54.7 Å². The molecule has 16 heteroatoms. The van der Waals surface area contributed by atoms with E-state index in [0.29, 0.717) is 63.1 Å². The molecule has 0 aromatic heterocycles. The molecule has 306 valence electrons. The number of nitrogens with one attached hydrogen (secondary N) is 4. The van der Waals surface area contributed by atoms with E-state index in [4.69, 9.17) is 26.8 Å². The third-order valence-corrected chi connectivity index (χ3v) is 5.53. The Kier molecular flexibility index (Phi) is 51.2. The maximum atomic E-state index is 11.1. The largest absolute Gasteiger partial charge is 0.481 e. The van der Waals surface area contributed by atoms with E-state index in [1.807, 2.05) is 55.4 Å². The molecule has 0 aliphatic heterocycles. The molecule has 0 aliphatic carbocycles. The zero-order chi connectivity index (χ0) is 41.5. The molecular formula is C35H77N7O9. The standard InChI is InChI=1S/C9H20N2O.C9H19NO.C8H17NO.C4H9NO2.C3H7NO2.C2H5NO2/c1-7(2)9(12)5-10-6-11-8(3)4;1-7(2)5-10-6-9(11)8(3)4;1-6(2)8(10)5-9-7(3)4;5-3-1-2-4(6)7;4-2-1-3(5)6;3-1-2(4)5/h7-8,10-11H,5-6H2,1-4H3;7-8,10H,5-6H2,1-4H3;6-7,9H,5H2,1-4H3;1-3,5H2,(H,6,7);1-2,4H2,(H,5,6);1,3H2,(H,4,5). The zero-order valence-electron chi connectivity index (χ0n) is 33.8. The zero-order valence-corrected chi connectivity index (χ0v) is 33.8. The number of hydrogen-bond donors (Lipinski definition) is 10. The number of nitrogens with two attached hydrogens (primary N) is 3. The molecule has 0 saturated heterocycles. The SMILES string of the molecule is CC(C)CNCC(=O)C(C)C.CC(C)NCC(=O)C(C)C.CC(C)NCNCC(=O)C(C)C.NCC(=O)O.NCCC(=O)O.NCCCC(=O)O. The number of rotatable bonds is 21. The Morgan fingerprint density at radius 2 is 0.882 bits per heavy atom. The van der Waals surface area contributed by atoms with Gasteiger partial charge >= 0.3 is 17.9 Å². The fourth-order valence-corrected chi connectivity index (χ4v) is 2.24. The van der Waals surface area contributed by atoms with Crippen LogP contribution in [0.3, 0.4) is 0 Å². The molecule has 0 amide bonds. The van der Waals surface area contributed by atoms with E-state index in [1.165, 1.54) is 0 Å². The summed E-state index contributed by atoms with van der Waals surface area (Å²) in [5.74, 6) is -0.653. The molecule has 16 nitrogen and oxygen atoms in total. The highest BCUT2D eigenvalue weighted by Crippen LogP contribution is 1.94. The van der Waals surface area contributed by atoms with Gasteiger partial charge in [-0.1, -0.05) is 69.2 Å². The average Bonchev–Trinajstić information content (AvgIpc) is 3.01. The molecule has 0 atom stereocenters. The van der Waals surface area contributed by atoms with Crippen molar-refractivity contribution in [2.45, 2.75) is 114 Å². The van der Waals surface area contributed by atoms with Crippen molar-refractivity contribution >= 4 is 35.3 Å². The van der Waals surface area contributed by atoms with E-state index in [9.17, 15) is 28.8 Å². The molecule has 0 rings (SSSR count). The quantitative estimate of drug-likeness (QED) is 0.0592. The second-order valence-corrected chi connectivity index (χ2v) is 13.2. The molecule has 0 radical (unpaired) electrons. The van der Waals surface area contributed by atoms with Crippen LogP contribution < -0.4 is 38.5 Å². The van der Waals surface area contributed by atoms with Crippen molar-refractivity contribution in [2.24, 2.45) is 40.9 Å². The molecule has 0 aliphatic rings. The van der Waals surface area contributed by atoms with Crippen LogP contribution in [0, 0.1) is 23.7 Å². The molecule has 0 fully saturated rings. The van der Waals surface area contributed by atoms with E-state index >= 15 is 0 Å². The first-order chi connectivity index (χ1) is 23.4. The van der Waals surface area contributed by atoms with Gasteiger partial charge in [0.15, 0.2) is 0 Å². The summed E-state index contributed by atoms with van der Waals surface area (Å²) in [5.41, 5.74) is 14.4. The van der Waals surface area contributed by atoms with Crippen molar-refractivity contribution in [2.75, 3.05) is 52.5 Å². The summed E-state index contributed by atoms with van der Waals surface area (Å²) in [5, 5.41) is 35.8. The van der Waals surface area contributed by atoms with E-state index < -0.39 is 17.9 Å². The molecule has 0 bridgehead atoms. The van der Waals surface area contributed by atoms with Gasteiger partial charge in [-0.05, 0) is 39.3 Å². The lowest BCUT2D eigenvalue weighted by Gasteiger charge is -2.09. The van der Waals surface area contributed by atoms with Crippen molar-refractivity contribution < 1.29 is 44.1 Å². The lowest BCUT2D eigenvalue weighted by atomic mass is 10.1. The normalized spacial score (nSPS) is 10.1. The Labute approximate surface area is 308 Å². The first-order valence-electron chi connectivity index (χ1n) is 17.6. The molecule has 51 heavy (non-hydrogen) atoms. The summed E-state index contributed by atoms with van der Waals surface area (Å²) in [6.07, 6.45) is 0.839. The van der Waals surface area contributed by atoms with Gasteiger partial charge in [0.25, 0.3) is 0 Å². The third kappa shape index (κ3) is 73.5. The van der Waals surface area contributed by atoms with Crippen LogP contribution in [-0.4, -0.2) is 115 Å². The van der Waals surface area contributed by atoms with Crippen LogP contribution in [0.4, 0.5) is 0 Å². The summed E-state index contributed by atoms with van der Waals surface area (Å²) in [7, 11) is 0. The van der Waals surface area contributed by atoms with Crippen molar-refractivity contribution in [3.63, 3.8) is 0 Å². The molecule has 0 spiro atoms. The maximum Gasteiger partial charge on any atom is 0.317 e. The van der Waals surface area contributed by atoms with Gasteiger partial charge in [-0.15, -0.1) is 0 Å².